The Morgan fingerprint density at radius 2 is 1.53 bits per heavy atom. The van der Waals surface area contributed by atoms with Crippen molar-refractivity contribution >= 4 is 69.6 Å². The third kappa shape index (κ3) is 5.18. The van der Waals surface area contributed by atoms with Gasteiger partial charge in [-0.2, -0.15) is 0 Å². The third-order valence-corrected chi connectivity index (χ3v) is 7.06. The Morgan fingerprint density at radius 3 is 2.15 bits per heavy atom. The number of aryl methyl sites for hydroxylation is 1. The minimum atomic E-state index is -1.32. The molecule has 34 heavy (non-hydrogen) atoms. The van der Waals surface area contributed by atoms with E-state index in [1.165, 1.54) is 24.3 Å². The Kier molecular flexibility index (Phi) is 7.11. The maximum Gasteiger partial charge on any atom is 0.256 e. The highest BCUT2D eigenvalue weighted by Gasteiger charge is 2.67. The second-order valence-electron chi connectivity index (χ2n) is 8.01. The summed E-state index contributed by atoms with van der Waals surface area (Å²) in [6.07, 6.45) is 0.604. The molecule has 2 atom stereocenters. The first-order chi connectivity index (χ1) is 16.1. The molecule has 1 aliphatic carbocycles. The second kappa shape index (κ2) is 9.74. The van der Waals surface area contributed by atoms with Gasteiger partial charge in [0.15, 0.2) is 0 Å². The standard InChI is InChI=1S/C25H19Cl4FN2O2/c1-2-13-3-6-19(12-20(13)23(33)31-18-7-4-17(30)5-8-18)32-24(34)22-21(25(22,28)29)14-9-15(26)11-16(27)10-14/h3-12,21-22H,2H2,1H3,(H,31,33)(H,32,34)/t21-,22+/m1/s1. The van der Waals surface area contributed by atoms with Crippen molar-refractivity contribution < 1.29 is 14.0 Å². The van der Waals surface area contributed by atoms with E-state index in [0.717, 1.165) is 5.56 Å². The number of halogens is 5. The minimum Gasteiger partial charge on any atom is -0.326 e. The van der Waals surface area contributed by atoms with Crippen LogP contribution in [0.3, 0.4) is 0 Å². The molecule has 0 radical (unpaired) electrons. The van der Waals surface area contributed by atoms with Crippen molar-refractivity contribution in [2.45, 2.75) is 23.6 Å². The van der Waals surface area contributed by atoms with Gasteiger partial charge >= 0.3 is 0 Å². The van der Waals surface area contributed by atoms with Gasteiger partial charge in [0.1, 0.15) is 10.2 Å². The van der Waals surface area contributed by atoms with Crippen molar-refractivity contribution in [1.82, 2.24) is 0 Å². The Balaban J connectivity index is 1.53. The Bertz CT molecular complexity index is 1240. The molecular weight excluding hydrogens is 521 g/mol. The summed E-state index contributed by atoms with van der Waals surface area (Å²) in [7, 11) is 0. The summed E-state index contributed by atoms with van der Waals surface area (Å²) in [5, 5.41) is 6.39. The summed E-state index contributed by atoms with van der Waals surface area (Å²) in [6, 6.07) is 15.5. The summed E-state index contributed by atoms with van der Waals surface area (Å²) in [4.78, 5) is 25.9. The Labute approximate surface area is 216 Å². The van der Waals surface area contributed by atoms with E-state index in [0.29, 0.717) is 39.0 Å². The summed E-state index contributed by atoms with van der Waals surface area (Å²) >= 11 is 25.0. The maximum absolute atomic E-state index is 13.2. The number of nitrogens with one attached hydrogen (secondary N) is 2. The fraction of sp³-hybridized carbons (Fsp3) is 0.200. The number of benzene rings is 3. The van der Waals surface area contributed by atoms with Crippen molar-refractivity contribution in [2.24, 2.45) is 5.92 Å². The van der Waals surface area contributed by atoms with Crippen LogP contribution in [-0.2, 0) is 11.2 Å². The first-order valence-electron chi connectivity index (χ1n) is 10.4. The number of hydrogen-bond acceptors (Lipinski definition) is 2. The van der Waals surface area contributed by atoms with E-state index in [2.05, 4.69) is 10.6 Å². The SMILES string of the molecule is CCc1ccc(NC(=O)[C@@H]2[C@@H](c3cc(Cl)cc(Cl)c3)C2(Cl)Cl)cc1C(=O)Nc1ccc(F)cc1. The molecule has 1 aliphatic rings. The number of hydrogen-bond donors (Lipinski definition) is 2. The van der Waals surface area contributed by atoms with Crippen LogP contribution in [-0.4, -0.2) is 16.1 Å². The number of rotatable bonds is 6. The average molecular weight is 540 g/mol. The number of anilines is 2. The molecule has 0 aromatic heterocycles. The number of alkyl halides is 2. The summed E-state index contributed by atoms with van der Waals surface area (Å²) in [6.45, 7) is 1.92. The molecule has 4 rings (SSSR count). The van der Waals surface area contributed by atoms with Gasteiger partial charge in [0.05, 0.1) is 5.92 Å². The maximum atomic E-state index is 13.2. The first-order valence-corrected chi connectivity index (χ1v) is 12.0. The van der Waals surface area contributed by atoms with E-state index < -0.39 is 22.0 Å². The number of carbonyl (C=O) groups is 2. The van der Waals surface area contributed by atoms with Crippen molar-refractivity contribution in [3.8, 4) is 0 Å². The summed E-state index contributed by atoms with van der Waals surface area (Å²) in [5.74, 6) is -2.37. The molecule has 0 spiro atoms. The van der Waals surface area contributed by atoms with E-state index in [1.54, 1.807) is 36.4 Å². The lowest BCUT2D eigenvalue weighted by molar-refractivity contribution is -0.117. The van der Waals surface area contributed by atoms with Gasteiger partial charge in [-0.1, -0.05) is 36.2 Å². The third-order valence-electron chi connectivity index (χ3n) is 5.69. The molecule has 0 saturated heterocycles. The Morgan fingerprint density at radius 1 is 0.912 bits per heavy atom. The van der Waals surface area contributed by atoms with Crippen LogP contribution in [0.15, 0.2) is 60.7 Å². The molecule has 1 fully saturated rings. The summed E-state index contributed by atoms with van der Waals surface area (Å²) in [5.41, 5.74) is 2.73. The fourth-order valence-electron chi connectivity index (χ4n) is 3.95. The van der Waals surface area contributed by atoms with E-state index in [-0.39, 0.29) is 11.8 Å². The predicted octanol–water partition coefficient (Wildman–Crippen LogP) is 7.47. The van der Waals surface area contributed by atoms with Crippen LogP contribution >= 0.6 is 46.4 Å². The lowest BCUT2D eigenvalue weighted by atomic mass is 10.0. The molecule has 1 saturated carbocycles. The van der Waals surface area contributed by atoms with E-state index in [1.807, 2.05) is 6.92 Å². The zero-order valence-electron chi connectivity index (χ0n) is 17.8. The highest BCUT2D eigenvalue weighted by molar-refractivity contribution is 6.53. The van der Waals surface area contributed by atoms with Gasteiger partial charge in [0, 0.05) is 32.9 Å². The van der Waals surface area contributed by atoms with Crippen molar-refractivity contribution in [2.75, 3.05) is 10.6 Å². The molecule has 4 nitrogen and oxygen atoms in total. The van der Waals surface area contributed by atoms with Gasteiger partial charge in [-0.25, -0.2) is 4.39 Å². The van der Waals surface area contributed by atoms with Gasteiger partial charge < -0.3 is 10.6 Å². The van der Waals surface area contributed by atoms with Gasteiger partial charge in [0.2, 0.25) is 5.91 Å². The van der Waals surface area contributed by atoms with Crippen LogP contribution in [0.5, 0.6) is 0 Å². The second-order valence-corrected chi connectivity index (χ2v) is 10.3. The molecule has 3 aromatic carbocycles. The molecule has 2 N–H and O–H groups in total. The molecule has 9 heteroatoms. The topological polar surface area (TPSA) is 58.2 Å². The normalized spacial score (nSPS) is 18.3. The minimum absolute atomic E-state index is 0.374. The van der Waals surface area contributed by atoms with Crippen LogP contribution in [0.2, 0.25) is 10.0 Å². The average Bonchev–Trinajstić information content (AvgIpc) is 3.36. The number of carbonyl (C=O) groups excluding carboxylic acids is 2. The van der Waals surface area contributed by atoms with E-state index >= 15 is 0 Å². The van der Waals surface area contributed by atoms with Crippen molar-refractivity contribution in [1.29, 1.82) is 0 Å². The monoisotopic (exact) mass is 538 g/mol. The molecule has 0 aliphatic heterocycles. The van der Waals surface area contributed by atoms with Gasteiger partial charge in [-0.15, -0.1) is 23.2 Å². The molecule has 0 bridgehead atoms. The smallest absolute Gasteiger partial charge is 0.256 e. The molecule has 0 heterocycles. The van der Waals surface area contributed by atoms with Crippen LogP contribution in [0, 0.1) is 11.7 Å². The van der Waals surface area contributed by atoms with Gasteiger partial charge in [-0.3, -0.25) is 9.59 Å². The zero-order chi connectivity index (χ0) is 24.6. The molecule has 2 amide bonds. The van der Waals surface area contributed by atoms with Crippen LogP contribution in [0.25, 0.3) is 0 Å². The van der Waals surface area contributed by atoms with Crippen LogP contribution in [0.1, 0.15) is 34.3 Å². The summed E-state index contributed by atoms with van der Waals surface area (Å²) < 4.78 is 11.8. The molecular formula is C25H19Cl4FN2O2. The zero-order valence-corrected chi connectivity index (χ0v) is 20.9. The van der Waals surface area contributed by atoms with Crippen LogP contribution < -0.4 is 10.6 Å². The highest BCUT2D eigenvalue weighted by Crippen LogP contribution is 2.65. The molecule has 3 aromatic rings. The van der Waals surface area contributed by atoms with Crippen molar-refractivity contribution in [3.05, 3.63) is 93.2 Å². The fourth-order valence-corrected chi connectivity index (χ4v) is 5.32. The number of amides is 2. The highest BCUT2D eigenvalue weighted by atomic mass is 35.5. The van der Waals surface area contributed by atoms with E-state index in [9.17, 15) is 14.0 Å². The van der Waals surface area contributed by atoms with Gasteiger partial charge in [-0.05, 0) is 72.1 Å². The predicted molar refractivity (Wildman–Crippen MR) is 136 cm³/mol. The lowest BCUT2D eigenvalue weighted by Gasteiger charge is -2.12. The first kappa shape index (κ1) is 24.8. The molecule has 176 valence electrons. The van der Waals surface area contributed by atoms with Gasteiger partial charge in [0.25, 0.3) is 5.91 Å². The van der Waals surface area contributed by atoms with E-state index in [4.69, 9.17) is 46.4 Å². The lowest BCUT2D eigenvalue weighted by Crippen LogP contribution is -2.19. The molecule has 0 unspecified atom stereocenters. The quantitative estimate of drug-likeness (QED) is 0.319. The largest absolute Gasteiger partial charge is 0.326 e. The van der Waals surface area contributed by atoms with Crippen molar-refractivity contribution in [3.63, 3.8) is 0 Å². The Hall–Kier alpha value is -2.31. The van der Waals surface area contributed by atoms with Crippen LogP contribution in [0.4, 0.5) is 15.8 Å².